The van der Waals surface area contributed by atoms with E-state index in [9.17, 15) is 26.4 Å². The standard InChI is InChI=1S/C13H16ClF3N6O3S/c1-4-21(5-2)12(24)23-7-18-11(20-23)27(25,26)9-8(3)19-22(10(9)14)6-13(15,16)17/h7H,4-6H2,1-3H3. The second kappa shape index (κ2) is 7.46. The minimum absolute atomic E-state index is 0.240. The molecule has 27 heavy (non-hydrogen) atoms. The molecule has 0 N–H and O–H groups in total. The van der Waals surface area contributed by atoms with Crippen LogP contribution < -0.4 is 0 Å². The van der Waals surface area contributed by atoms with Gasteiger partial charge in [0.05, 0.1) is 5.69 Å². The first-order valence-corrected chi connectivity index (χ1v) is 9.54. The van der Waals surface area contributed by atoms with Crippen LogP contribution in [0.4, 0.5) is 18.0 Å². The van der Waals surface area contributed by atoms with Crippen LogP contribution >= 0.6 is 11.6 Å². The van der Waals surface area contributed by atoms with Crippen molar-refractivity contribution in [2.24, 2.45) is 0 Å². The zero-order valence-corrected chi connectivity index (χ0v) is 16.1. The molecular weight excluding hydrogens is 413 g/mol. The van der Waals surface area contributed by atoms with Gasteiger partial charge in [0.1, 0.15) is 22.9 Å². The quantitative estimate of drug-likeness (QED) is 0.722. The topological polar surface area (TPSA) is 103 Å². The van der Waals surface area contributed by atoms with Crippen LogP contribution in [0.15, 0.2) is 16.4 Å². The summed E-state index contributed by atoms with van der Waals surface area (Å²) in [5, 5.41) is 5.71. The Kier molecular flexibility index (Phi) is 5.85. The Hall–Kier alpha value is -2.15. The van der Waals surface area contributed by atoms with Gasteiger partial charge < -0.3 is 4.90 Å². The Morgan fingerprint density at radius 1 is 1.26 bits per heavy atom. The van der Waals surface area contributed by atoms with Crippen molar-refractivity contribution in [3.8, 4) is 0 Å². The number of halogens is 4. The Balaban J connectivity index is 2.45. The van der Waals surface area contributed by atoms with Crippen molar-refractivity contribution in [2.45, 2.75) is 43.5 Å². The lowest BCUT2D eigenvalue weighted by atomic mass is 10.5. The fourth-order valence-electron chi connectivity index (χ4n) is 2.31. The monoisotopic (exact) mass is 428 g/mol. The SMILES string of the molecule is CCN(CC)C(=O)n1cnc(S(=O)(=O)c2c(C)nn(CC(F)(F)F)c2Cl)n1. The van der Waals surface area contributed by atoms with Crippen molar-refractivity contribution >= 4 is 27.5 Å². The van der Waals surface area contributed by atoms with Gasteiger partial charge in [-0.05, 0) is 20.8 Å². The molecule has 14 heteroatoms. The first-order chi connectivity index (χ1) is 12.4. The third kappa shape index (κ3) is 4.24. The molecule has 0 aromatic carbocycles. The van der Waals surface area contributed by atoms with Crippen molar-refractivity contribution in [3.05, 3.63) is 17.2 Å². The third-order valence-corrected chi connectivity index (χ3v) is 5.74. The number of aromatic nitrogens is 5. The highest BCUT2D eigenvalue weighted by Crippen LogP contribution is 2.31. The van der Waals surface area contributed by atoms with Gasteiger partial charge in [0, 0.05) is 13.1 Å². The summed E-state index contributed by atoms with van der Waals surface area (Å²) in [6, 6.07) is -0.593. The number of hydrogen-bond donors (Lipinski definition) is 0. The molecule has 0 unspecified atom stereocenters. The zero-order valence-electron chi connectivity index (χ0n) is 14.5. The minimum atomic E-state index is -4.64. The van der Waals surface area contributed by atoms with Gasteiger partial charge in [-0.1, -0.05) is 11.6 Å². The van der Waals surface area contributed by atoms with E-state index in [1.165, 1.54) is 11.8 Å². The molecule has 2 aromatic rings. The Morgan fingerprint density at radius 3 is 2.37 bits per heavy atom. The van der Waals surface area contributed by atoms with Gasteiger partial charge in [-0.25, -0.2) is 22.9 Å². The predicted molar refractivity (Wildman–Crippen MR) is 87.2 cm³/mol. The summed E-state index contributed by atoms with van der Waals surface area (Å²) in [4.78, 5) is 16.5. The maximum Gasteiger partial charge on any atom is 0.408 e. The summed E-state index contributed by atoms with van der Waals surface area (Å²) in [7, 11) is -4.48. The zero-order chi connectivity index (χ0) is 20.6. The van der Waals surface area contributed by atoms with E-state index in [2.05, 4.69) is 15.2 Å². The van der Waals surface area contributed by atoms with Crippen LogP contribution in [0.25, 0.3) is 0 Å². The third-order valence-electron chi connectivity index (χ3n) is 3.55. The van der Waals surface area contributed by atoms with Crippen molar-refractivity contribution in [1.29, 1.82) is 0 Å². The number of hydrogen-bond acceptors (Lipinski definition) is 6. The fourth-order valence-corrected chi connectivity index (χ4v) is 4.17. The van der Waals surface area contributed by atoms with Gasteiger partial charge in [-0.2, -0.15) is 23.0 Å². The molecule has 1 amide bonds. The van der Waals surface area contributed by atoms with Crippen molar-refractivity contribution in [2.75, 3.05) is 13.1 Å². The lowest BCUT2D eigenvalue weighted by Crippen LogP contribution is -2.34. The number of carbonyl (C=O) groups is 1. The van der Waals surface area contributed by atoms with E-state index in [4.69, 9.17) is 11.6 Å². The molecule has 0 atom stereocenters. The summed E-state index contributed by atoms with van der Waals surface area (Å²) in [5.74, 6) is 0. The van der Waals surface area contributed by atoms with E-state index < -0.39 is 43.8 Å². The molecule has 0 radical (unpaired) electrons. The van der Waals surface area contributed by atoms with Gasteiger partial charge in [-0.15, -0.1) is 5.10 Å². The van der Waals surface area contributed by atoms with E-state index in [1.54, 1.807) is 13.8 Å². The summed E-state index contributed by atoms with van der Waals surface area (Å²) in [6.07, 6.45) is -3.73. The van der Waals surface area contributed by atoms with Crippen LogP contribution in [0.2, 0.25) is 5.15 Å². The Morgan fingerprint density at radius 2 is 1.85 bits per heavy atom. The second-order valence-electron chi connectivity index (χ2n) is 5.41. The number of rotatable bonds is 5. The molecule has 2 heterocycles. The molecule has 150 valence electrons. The second-order valence-corrected chi connectivity index (χ2v) is 7.55. The highest BCUT2D eigenvalue weighted by atomic mass is 35.5. The van der Waals surface area contributed by atoms with E-state index >= 15 is 0 Å². The molecule has 0 saturated heterocycles. The summed E-state index contributed by atoms with van der Waals surface area (Å²) < 4.78 is 64.2. The lowest BCUT2D eigenvalue weighted by molar-refractivity contribution is -0.142. The van der Waals surface area contributed by atoms with Crippen LogP contribution in [-0.4, -0.2) is 63.2 Å². The average molecular weight is 429 g/mol. The van der Waals surface area contributed by atoms with Gasteiger partial charge >= 0.3 is 12.2 Å². The van der Waals surface area contributed by atoms with Crippen LogP contribution in [-0.2, 0) is 16.4 Å². The minimum Gasteiger partial charge on any atom is -0.323 e. The van der Waals surface area contributed by atoms with Crippen molar-refractivity contribution in [3.63, 3.8) is 0 Å². The Labute approximate surface area is 157 Å². The fraction of sp³-hybridized carbons (Fsp3) is 0.538. The normalized spacial score (nSPS) is 12.4. The molecule has 0 bridgehead atoms. The summed E-state index contributed by atoms with van der Waals surface area (Å²) in [5.41, 5.74) is -0.240. The first kappa shape index (κ1) is 21.2. The molecule has 2 rings (SSSR count). The number of aryl methyl sites for hydroxylation is 1. The smallest absolute Gasteiger partial charge is 0.323 e. The van der Waals surface area contributed by atoms with Gasteiger partial charge in [-0.3, -0.25) is 0 Å². The molecule has 0 fully saturated rings. The van der Waals surface area contributed by atoms with Gasteiger partial charge in [0.2, 0.25) is 9.84 Å². The van der Waals surface area contributed by atoms with Crippen LogP contribution in [0, 0.1) is 6.92 Å². The molecular formula is C13H16ClF3N6O3S. The van der Waals surface area contributed by atoms with Crippen molar-refractivity contribution in [1.82, 2.24) is 29.4 Å². The van der Waals surface area contributed by atoms with E-state index in [-0.39, 0.29) is 5.69 Å². The van der Waals surface area contributed by atoms with Crippen LogP contribution in [0.3, 0.4) is 0 Å². The molecule has 9 nitrogen and oxygen atoms in total. The number of alkyl halides is 3. The number of sulfone groups is 1. The van der Waals surface area contributed by atoms with E-state index in [1.807, 2.05) is 0 Å². The maximum absolute atomic E-state index is 12.7. The molecule has 0 aliphatic rings. The van der Waals surface area contributed by atoms with E-state index in [0.29, 0.717) is 17.8 Å². The highest BCUT2D eigenvalue weighted by Gasteiger charge is 2.35. The molecule has 0 saturated carbocycles. The maximum atomic E-state index is 12.7. The van der Waals surface area contributed by atoms with Crippen LogP contribution in [0.5, 0.6) is 0 Å². The van der Waals surface area contributed by atoms with Gasteiger partial charge in [0.25, 0.3) is 5.16 Å². The Bertz CT molecular complexity index is 949. The van der Waals surface area contributed by atoms with Gasteiger partial charge in [0.15, 0.2) is 0 Å². The highest BCUT2D eigenvalue weighted by molar-refractivity contribution is 7.91. The van der Waals surface area contributed by atoms with Crippen molar-refractivity contribution < 1.29 is 26.4 Å². The molecule has 0 aliphatic carbocycles. The van der Waals surface area contributed by atoms with E-state index in [0.717, 1.165) is 11.0 Å². The average Bonchev–Trinajstić information content (AvgIpc) is 3.13. The number of carbonyl (C=O) groups excluding carboxylic acids is 1. The lowest BCUT2D eigenvalue weighted by Gasteiger charge is -2.17. The van der Waals surface area contributed by atoms with Crippen LogP contribution in [0.1, 0.15) is 19.5 Å². The molecule has 0 spiro atoms. The predicted octanol–water partition coefficient (Wildman–Crippen LogP) is 2.14. The number of nitrogens with zero attached hydrogens (tertiary/aromatic N) is 6. The summed E-state index contributed by atoms with van der Waals surface area (Å²) >= 11 is 5.82. The summed E-state index contributed by atoms with van der Waals surface area (Å²) in [6.45, 7) is 3.84. The molecule has 2 aromatic heterocycles. The molecule has 0 aliphatic heterocycles. The largest absolute Gasteiger partial charge is 0.408 e. The number of amides is 1. The first-order valence-electron chi connectivity index (χ1n) is 7.68.